The minimum absolute atomic E-state index is 0.269. The van der Waals surface area contributed by atoms with Crippen molar-refractivity contribution in [2.45, 2.75) is 6.92 Å². The predicted octanol–water partition coefficient (Wildman–Crippen LogP) is 3.49. The van der Waals surface area contributed by atoms with Crippen molar-refractivity contribution in [1.29, 1.82) is 0 Å². The van der Waals surface area contributed by atoms with Gasteiger partial charge in [0.1, 0.15) is 0 Å². The van der Waals surface area contributed by atoms with Gasteiger partial charge in [-0.2, -0.15) is 0 Å². The third-order valence-corrected chi connectivity index (χ3v) is 2.78. The molecule has 0 N–H and O–H groups in total. The van der Waals surface area contributed by atoms with E-state index in [1.807, 2.05) is 0 Å². The smallest absolute Gasteiger partial charge is 0.338 e. The van der Waals surface area contributed by atoms with Gasteiger partial charge in [0.15, 0.2) is 0 Å². The van der Waals surface area contributed by atoms with E-state index in [1.165, 1.54) is 7.11 Å². The molecule has 6 heteroatoms. The van der Waals surface area contributed by atoms with Crippen molar-refractivity contribution in [3.8, 4) is 0 Å². The van der Waals surface area contributed by atoms with E-state index in [9.17, 15) is 4.79 Å². The maximum Gasteiger partial charge on any atom is 0.338 e. The standard InChI is InChI=1S/C9H8BrN3O2/c1-5-6(10)3-4-7(12-13-11)8(5)9(14)15-2/h3-4H,1-2H3. The molecule has 0 saturated carbocycles. The van der Waals surface area contributed by atoms with E-state index >= 15 is 0 Å². The summed E-state index contributed by atoms with van der Waals surface area (Å²) in [5.41, 5.74) is 9.59. The fourth-order valence-corrected chi connectivity index (χ4v) is 1.49. The number of hydrogen-bond donors (Lipinski definition) is 0. The van der Waals surface area contributed by atoms with E-state index in [1.54, 1.807) is 19.1 Å². The summed E-state index contributed by atoms with van der Waals surface area (Å²) < 4.78 is 5.38. The fraction of sp³-hybridized carbons (Fsp3) is 0.222. The first-order valence-corrected chi connectivity index (χ1v) is 4.83. The third kappa shape index (κ3) is 2.29. The SMILES string of the molecule is COC(=O)c1c(N=[N+]=[N-])ccc(Br)c1C. The maximum absolute atomic E-state index is 11.5. The van der Waals surface area contributed by atoms with Crippen LogP contribution < -0.4 is 0 Å². The molecule has 1 aromatic rings. The first-order chi connectivity index (χ1) is 7.11. The Morgan fingerprint density at radius 2 is 2.27 bits per heavy atom. The number of benzene rings is 1. The van der Waals surface area contributed by atoms with Gasteiger partial charge in [0.05, 0.1) is 18.4 Å². The average molecular weight is 270 g/mol. The monoisotopic (exact) mass is 269 g/mol. The second-order valence-corrected chi connectivity index (χ2v) is 3.60. The van der Waals surface area contributed by atoms with E-state index < -0.39 is 5.97 Å². The summed E-state index contributed by atoms with van der Waals surface area (Å²) in [5.74, 6) is -0.517. The molecule has 0 radical (unpaired) electrons. The molecule has 15 heavy (non-hydrogen) atoms. The first-order valence-electron chi connectivity index (χ1n) is 4.04. The van der Waals surface area contributed by atoms with E-state index in [4.69, 9.17) is 5.53 Å². The lowest BCUT2D eigenvalue weighted by atomic mass is 10.1. The molecule has 0 spiro atoms. The molecule has 1 aromatic carbocycles. The van der Waals surface area contributed by atoms with Gasteiger partial charge in [-0.15, -0.1) is 0 Å². The lowest BCUT2D eigenvalue weighted by molar-refractivity contribution is 0.0601. The Kier molecular flexibility index (Phi) is 3.71. The van der Waals surface area contributed by atoms with Crippen molar-refractivity contribution in [2.24, 2.45) is 5.11 Å². The second-order valence-electron chi connectivity index (χ2n) is 2.75. The number of nitrogens with zero attached hydrogens (tertiary/aromatic N) is 3. The number of esters is 1. The van der Waals surface area contributed by atoms with Crippen molar-refractivity contribution < 1.29 is 9.53 Å². The summed E-state index contributed by atoms with van der Waals surface area (Å²) in [7, 11) is 1.28. The number of carbonyl (C=O) groups is 1. The number of methoxy groups -OCH3 is 1. The minimum atomic E-state index is -0.517. The maximum atomic E-state index is 11.5. The van der Waals surface area contributed by atoms with Crippen LogP contribution in [-0.2, 0) is 4.74 Å². The average Bonchev–Trinajstić information content (AvgIpc) is 2.23. The van der Waals surface area contributed by atoms with Crippen LogP contribution in [0.4, 0.5) is 5.69 Å². The van der Waals surface area contributed by atoms with Crippen LogP contribution in [-0.4, -0.2) is 13.1 Å². The molecule has 1 rings (SSSR count). The molecule has 0 unspecified atom stereocenters. The summed E-state index contributed by atoms with van der Waals surface area (Å²) in [6.45, 7) is 1.74. The summed E-state index contributed by atoms with van der Waals surface area (Å²) >= 11 is 3.29. The Bertz CT molecular complexity index is 453. The Balaban J connectivity index is 3.47. The normalized spacial score (nSPS) is 9.27. The molecule has 5 nitrogen and oxygen atoms in total. The van der Waals surface area contributed by atoms with Gasteiger partial charge in [-0.05, 0) is 24.1 Å². The van der Waals surface area contributed by atoms with Gasteiger partial charge >= 0.3 is 5.97 Å². The van der Waals surface area contributed by atoms with Gasteiger partial charge < -0.3 is 4.74 Å². The highest BCUT2D eigenvalue weighted by molar-refractivity contribution is 9.10. The van der Waals surface area contributed by atoms with Gasteiger partial charge in [0.25, 0.3) is 0 Å². The number of hydrogen-bond acceptors (Lipinski definition) is 3. The predicted molar refractivity (Wildman–Crippen MR) is 59.0 cm³/mol. The van der Waals surface area contributed by atoms with Crippen LogP contribution in [0.25, 0.3) is 10.4 Å². The molecule has 0 saturated heterocycles. The summed E-state index contributed by atoms with van der Waals surface area (Å²) in [6, 6.07) is 3.27. The molecule has 0 bridgehead atoms. The first kappa shape index (κ1) is 11.6. The molecule has 0 aromatic heterocycles. The van der Waals surface area contributed by atoms with Gasteiger partial charge in [0.2, 0.25) is 0 Å². The van der Waals surface area contributed by atoms with Crippen molar-refractivity contribution in [1.82, 2.24) is 0 Å². The van der Waals surface area contributed by atoms with Crippen molar-refractivity contribution in [2.75, 3.05) is 7.11 Å². The highest BCUT2D eigenvalue weighted by Gasteiger charge is 2.15. The molecule has 0 aliphatic heterocycles. The number of carbonyl (C=O) groups excluding carboxylic acids is 1. The topological polar surface area (TPSA) is 75.1 Å². The molecular formula is C9H8BrN3O2. The van der Waals surface area contributed by atoms with Crippen molar-refractivity contribution in [3.05, 3.63) is 38.2 Å². The van der Waals surface area contributed by atoms with Crippen molar-refractivity contribution in [3.63, 3.8) is 0 Å². The fourth-order valence-electron chi connectivity index (χ4n) is 1.16. The highest BCUT2D eigenvalue weighted by atomic mass is 79.9. The van der Waals surface area contributed by atoms with Crippen LogP contribution in [0.3, 0.4) is 0 Å². The summed E-state index contributed by atoms with van der Waals surface area (Å²) in [6.07, 6.45) is 0. The Morgan fingerprint density at radius 1 is 1.60 bits per heavy atom. The van der Waals surface area contributed by atoms with Gasteiger partial charge in [0, 0.05) is 9.38 Å². The Morgan fingerprint density at radius 3 is 2.80 bits per heavy atom. The van der Waals surface area contributed by atoms with E-state index in [0.717, 1.165) is 4.47 Å². The summed E-state index contributed by atoms with van der Waals surface area (Å²) in [4.78, 5) is 14.1. The zero-order valence-electron chi connectivity index (χ0n) is 8.19. The van der Waals surface area contributed by atoms with Crippen molar-refractivity contribution >= 4 is 27.6 Å². The van der Waals surface area contributed by atoms with E-state index in [0.29, 0.717) is 5.56 Å². The lowest BCUT2D eigenvalue weighted by Gasteiger charge is -2.08. The summed E-state index contributed by atoms with van der Waals surface area (Å²) in [5, 5.41) is 3.44. The molecule has 0 heterocycles. The quantitative estimate of drug-likeness (QED) is 0.357. The number of halogens is 1. The van der Waals surface area contributed by atoms with Crippen LogP contribution in [0.15, 0.2) is 21.7 Å². The number of rotatable bonds is 2. The number of azide groups is 1. The molecule has 0 aliphatic rings. The third-order valence-electron chi connectivity index (χ3n) is 1.92. The van der Waals surface area contributed by atoms with Crippen LogP contribution in [0, 0.1) is 6.92 Å². The molecule has 0 amide bonds. The Hall–Kier alpha value is -1.52. The molecule has 78 valence electrons. The van der Waals surface area contributed by atoms with E-state index in [2.05, 4.69) is 30.7 Å². The number of ether oxygens (including phenoxy) is 1. The van der Waals surface area contributed by atoms with Crippen LogP contribution in [0.1, 0.15) is 15.9 Å². The zero-order chi connectivity index (χ0) is 11.4. The second kappa shape index (κ2) is 4.82. The molecular weight excluding hydrogens is 262 g/mol. The van der Waals surface area contributed by atoms with Crippen LogP contribution in [0.2, 0.25) is 0 Å². The molecule has 0 atom stereocenters. The van der Waals surface area contributed by atoms with Crippen LogP contribution >= 0.6 is 15.9 Å². The van der Waals surface area contributed by atoms with Gasteiger partial charge in [-0.25, -0.2) is 4.79 Å². The minimum Gasteiger partial charge on any atom is -0.465 e. The largest absolute Gasteiger partial charge is 0.465 e. The highest BCUT2D eigenvalue weighted by Crippen LogP contribution is 2.29. The lowest BCUT2D eigenvalue weighted by Crippen LogP contribution is -2.04. The molecule has 0 fully saturated rings. The van der Waals surface area contributed by atoms with Crippen LogP contribution in [0.5, 0.6) is 0 Å². The molecule has 0 aliphatic carbocycles. The zero-order valence-corrected chi connectivity index (χ0v) is 9.78. The van der Waals surface area contributed by atoms with Gasteiger partial charge in [-0.3, -0.25) is 0 Å². The van der Waals surface area contributed by atoms with E-state index in [-0.39, 0.29) is 11.3 Å². The Labute approximate surface area is 94.8 Å². The van der Waals surface area contributed by atoms with Gasteiger partial charge in [-0.1, -0.05) is 27.1 Å².